The van der Waals surface area contributed by atoms with Crippen molar-refractivity contribution < 1.29 is 13.9 Å². The van der Waals surface area contributed by atoms with E-state index in [1.807, 2.05) is 55.5 Å². The third kappa shape index (κ3) is 5.96. The molecule has 1 N–H and O–H groups in total. The van der Waals surface area contributed by atoms with E-state index in [1.54, 1.807) is 31.5 Å². The summed E-state index contributed by atoms with van der Waals surface area (Å²) in [6, 6.07) is 23.8. The van der Waals surface area contributed by atoms with E-state index in [0.29, 0.717) is 22.3 Å². The fourth-order valence-electron chi connectivity index (χ4n) is 4.40. The van der Waals surface area contributed by atoms with Crippen molar-refractivity contribution in [3.63, 3.8) is 0 Å². The molecule has 6 rings (SSSR count). The summed E-state index contributed by atoms with van der Waals surface area (Å²) in [7, 11) is 0. The average molecular weight is 555 g/mol. The molecular weight excluding hydrogens is 530 g/mol. The summed E-state index contributed by atoms with van der Waals surface area (Å²) < 4.78 is 26.7. The van der Waals surface area contributed by atoms with Crippen LogP contribution in [0.1, 0.15) is 36.7 Å². The number of rotatable bonds is 4. The van der Waals surface area contributed by atoms with Gasteiger partial charge in [0.1, 0.15) is 11.6 Å². The molecule has 0 saturated carbocycles. The van der Waals surface area contributed by atoms with Crippen molar-refractivity contribution in [1.29, 1.82) is 0 Å². The Morgan fingerprint density at radius 1 is 0.650 bits per heavy atom. The number of hydrogen-bond donors (Lipinski definition) is 1. The summed E-state index contributed by atoms with van der Waals surface area (Å²) >= 11 is 6.23. The van der Waals surface area contributed by atoms with Gasteiger partial charge in [-0.05, 0) is 86.6 Å². The monoisotopic (exact) mass is 554 g/mol. The highest BCUT2D eigenvalue weighted by Gasteiger charge is 2.16. The van der Waals surface area contributed by atoms with Crippen LogP contribution in [0.2, 0.25) is 0 Å². The van der Waals surface area contributed by atoms with Crippen LogP contribution < -0.4 is 0 Å². The first-order chi connectivity index (χ1) is 19.3. The molecule has 0 bridgehead atoms. The molecule has 4 heterocycles. The molecule has 40 heavy (non-hydrogen) atoms. The van der Waals surface area contributed by atoms with E-state index in [1.165, 1.54) is 24.3 Å². The van der Waals surface area contributed by atoms with Crippen LogP contribution >= 0.6 is 11.6 Å². The van der Waals surface area contributed by atoms with Crippen molar-refractivity contribution in [3.05, 3.63) is 120 Å². The number of alkyl halides is 1. The lowest BCUT2D eigenvalue weighted by Gasteiger charge is -2.12. The number of aliphatic hydroxyl groups is 1. The number of hydrogen-bond acceptors (Lipinski definition) is 5. The molecule has 0 fully saturated rings. The Bertz CT molecular complexity index is 1650. The molecule has 5 nitrogen and oxygen atoms in total. The van der Waals surface area contributed by atoms with Crippen LogP contribution in [0.15, 0.2) is 97.3 Å². The molecule has 200 valence electrons. The van der Waals surface area contributed by atoms with Gasteiger partial charge in [0.05, 0.1) is 45.3 Å². The molecule has 0 saturated heterocycles. The molecule has 2 unspecified atom stereocenters. The van der Waals surface area contributed by atoms with Crippen LogP contribution in [0.5, 0.6) is 0 Å². The van der Waals surface area contributed by atoms with Crippen molar-refractivity contribution in [1.82, 2.24) is 19.9 Å². The first kappa shape index (κ1) is 27.2. The SMILES string of the molecule is CC(Cl)c1nc2ccc(F)cc2cc1-c1ccccn1.CC(O)c1nc2ccc(F)cc2cc1-c1ccccn1. The summed E-state index contributed by atoms with van der Waals surface area (Å²) in [6.07, 6.45) is 2.67. The minimum Gasteiger partial charge on any atom is -0.387 e. The van der Waals surface area contributed by atoms with Crippen LogP contribution in [0.25, 0.3) is 44.3 Å². The van der Waals surface area contributed by atoms with Crippen molar-refractivity contribution in [2.75, 3.05) is 0 Å². The van der Waals surface area contributed by atoms with Crippen molar-refractivity contribution in [3.8, 4) is 22.5 Å². The third-order valence-corrected chi connectivity index (χ3v) is 6.47. The zero-order chi connectivity index (χ0) is 28.2. The van der Waals surface area contributed by atoms with E-state index < -0.39 is 6.10 Å². The van der Waals surface area contributed by atoms with Gasteiger partial charge in [0.25, 0.3) is 0 Å². The van der Waals surface area contributed by atoms with E-state index in [-0.39, 0.29) is 17.0 Å². The Morgan fingerprint density at radius 2 is 1.12 bits per heavy atom. The van der Waals surface area contributed by atoms with E-state index in [0.717, 1.165) is 33.4 Å². The molecule has 0 aliphatic heterocycles. The second kappa shape index (κ2) is 11.8. The molecule has 4 aromatic heterocycles. The summed E-state index contributed by atoms with van der Waals surface area (Å²) in [5.41, 5.74) is 5.74. The number of aliphatic hydroxyl groups excluding tert-OH is 1. The van der Waals surface area contributed by atoms with Gasteiger partial charge >= 0.3 is 0 Å². The van der Waals surface area contributed by atoms with Crippen LogP contribution in [-0.2, 0) is 0 Å². The van der Waals surface area contributed by atoms with Gasteiger partial charge in [0.2, 0.25) is 0 Å². The number of aromatic nitrogens is 4. The number of pyridine rings is 4. The van der Waals surface area contributed by atoms with Crippen molar-refractivity contribution >= 4 is 33.4 Å². The highest BCUT2D eigenvalue weighted by molar-refractivity contribution is 6.21. The van der Waals surface area contributed by atoms with Gasteiger partial charge < -0.3 is 5.11 Å². The molecular formula is C32H25ClF2N4O. The van der Waals surface area contributed by atoms with Crippen LogP contribution in [0.4, 0.5) is 8.78 Å². The molecule has 2 atom stereocenters. The topological polar surface area (TPSA) is 71.8 Å². The zero-order valence-electron chi connectivity index (χ0n) is 21.8. The lowest BCUT2D eigenvalue weighted by atomic mass is 10.0. The van der Waals surface area contributed by atoms with Crippen LogP contribution in [0, 0.1) is 11.6 Å². The summed E-state index contributed by atoms with van der Waals surface area (Å²) in [4.78, 5) is 17.6. The lowest BCUT2D eigenvalue weighted by molar-refractivity contribution is 0.195. The molecule has 6 aromatic rings. The molecule has 0 aliphatic rings. The average Bonchev–Trinajstić information content (AvgIpc) is 2.97. The first-order valence-corrected chi connectivity index (χ1v) is 13.1. The van der Waals surface area contributed by atoms with Crippen LogP contribution in [0.3, 0.4) is 0 Å². The predicted octanol–water partition coefficient (Wildman–Crippen LogP) is 8.22. The largest absolute Gasteiger partial charge is 0.387 e. The molecule has 0 aliphatic carbocycles. The summed E-state index contributed by atoms with van der Waals surface area (Å²) in [5.74, 6) is -0.589. The van der Waals surface area contributed by atoms with E-state index in [4.69, 9.17) is 11.6 Å². The van der Waals surface area contributed by atoms with Gasteiger partial charge in [0.15, 0.2) is 0 Å². The molecule has 0 amide bonds. The van der Waals surface area contributed by atoms with Crippen molar-refractivity contribution in [2.45, 2.75) is 25.3 Å². The minimum absolute atomic E-state index is 0.249. The second-order valence-corrected chi connectivity index (χ2v) is 9.89. The molecule has 8 heteroatoms. The van der Waals surface area contributed by atoms with Gasteiger partial charge in [-0.3, -0.25) is 15.0 Å². The van der Waals surface area contributed by atoms with E-state index in [9.17, 15) is 13.9 Å². The minimum atomic E-state index is -0.721. The smallest absolute Gasteiger partial charge is 0.123 e. The first-order valence-electron chi connectivity index (χ1n) is 12.7. The van der Waals surface area contributed by atoms with E-state index >= 15 is 0 Å². The molecule has 2 aromatic carbocycles. The van der Waals surface area contributed by atoms with Gasteiger partial charge in [-0.15, -0.1) is 11.6 Å². The molecule has 0 spiro atoms. The Kier molecular flexibility index (Phi) is 8.05. The second-order valence-electron chi connectivity index (χ2n) is 9.24. The number of fused-ring (bicyclic) bond motifs is 2. The third-order valence-electron chi connectivity index (χ3n) is 6.27. The summed E-state index contributed by atoms with van der Waals surface area (Å²) in [6.45, 7) is 3.52. The lowest BCUT2D eigenvalue weighted by Crippen LogP contribution is -2.01. The summed E-state index contributed by atoms with van der Waals surface area (Å²) in [5, 5.41) is 11.1. The number of nitrogens with zero attached hydrogens (tertiary/aromatic N) is 4. The zero-order valence-corrected chi connectivity index (χ0v) is 22.5. The predicted molar refractivity (Wildman–Crippen MR) is 155 cm³/mol. The van der Waals surface area contributed by atoms with Gasteiger partial charge in [-0.2, -0.15) is 0 Å². The van der Waals surface area contributed by atoms with Crippen molar-refractivity contribution in [2.24, 2.45) is 0 Å². The highest BCUT2D eigenvalue weighted by atomic mass is 35.5. The van der Waals surface area contributed by atoms with Crippen LogP contribution in [-0.4, -0.2) is 25.0 Å². The van der Waals surface area contributed by atoms with Gasteiger partial charge in [-0.25, -0.2) is 13.8 Å². The Labute approximate surface area is 235 Å². The fraction of sp³-hybridized carbons (Fsp3) is 0.125. The highest BCUT2D eigenvalue weighted by Crippen LogP contribution is 2.32. The standard InChI is InChI=1S/C16H12ClFN2.C16H13FN2O/c1-10(17)16-13(15-4-2-3-7-19-15)9-11-8-12(18)5-6-14(11)20-16;1-10(20)16-13(15-4-2-3-7-18-15)9-11-8-12(17)5-6-14(11)19-16/h2-10H,1H3;2-10,20H,1H3. The van der Waals surface area contributed by atoms with Gasteiger partial charge in [-0.1, -0.05) is 12.1 Å². The maximum atomic E-state index is 13.4. The van der Waals surface area contributed by atoms with Gasteiger partial charge in [0, 0.05) is 34.3 Å². The number of benzene rings is 2. The quantitative estimate of drug-likeness (QED) is 0.222. The Hall–Kier alpha value is -4.33. The number of halogens is 3. The Morgan fingerprint density at radius 3 is 1.55 bits per heavy atom. The van der Waals surface area contributed by atoms with E-state index in [2.05, 4.69) is 19.9 Å². The maximum absolute atomic E-state index is 13.4. The molecule has 0 radical (unpaired) electrons. The fourth-order valence-corrected chi connectivity index (χ4v) is 4.57. The normalized spacial score (nSPS) is 12.6. The maximum Gasteiger partial charge on any atom is 0.123 e. The Balaban J connectivity index is 0.000000161.